The van der Waals surface area contributed by atoms with Crippen LogP contribution in [0, 0.1) is 5.82 Å². The van der Waals surface area contributed by atoms with E-state index in [0.29, 0.717) is 25.5 Å². The van der Waals surface area contributed by atoms with E-state index in [2.05, 4.69) is 15.6 Å². The van der Waals surface area contributed by atoms with E-state index in [0.717, 1.165) is 17.5 Å². The summed E-state index contributed by atoms with van der Waals surface area (Å²) in [5.74, 6) is 0.573. The number of guanidine groups is 1. The Balaban J connectivity index is 1.66. The van der Waals surface area contributed by atoms with Gasteiger partial charge in [0.2, 0.25) is 0 Å². The first-order valence-electron chi connectivity index (χ1n) is 8.92. The van der Waals surface area contributed by atoms with Crippen LogP contribution < -0.4 is 10.6 Å². The lowest BCUT2D eigenvalue weighted by Gasteiger charge is -2.12. The van der Waals surface area contributed by atoms with E-state index in [9.17, 15) is 12.8 Å². The van der Waals surface area contributed by atoms with E-state index in [1.165, 1.54) is 12.1 Å². The van der Waals surface area contributed by atoms with Crippen molar-refractivity contribution in [1.82, 2.24) is 10.6 Å². The van der Waals surface area contributed by atoms with E-state index in [1.807, 2.05) is 30.3 Å². The molecule has 0 aliphatic heterocycles. The molecule has 0 amide bonds. The van der Waals surface area contributed by atoms with Crippen molar-refractivity contribution in [3.05, 3.63) is 71.5 Å². The molecule has 146 valence electrons. The molecule has 2 aromatic carbocycles. The number of rotatable bonds is 9. The number of nitrogens with zero attached hydrogens (tertiary/aromatic N) is 1. The normalized spacial score (nSPS) is 12.0. The summed E-state index contributed by atoms with van der Waals surface area (Å²) >= 11 is 0. The van der Waals surface area contributed by atoms with E-state index >= 15 is 0 Å². The van der Waals surface area contributed by atoms with Crippen molar-refractivity contribution in [3.8, 4) is 0 Å². The molecule has 0 saturated carbocycles. The zero-order valence-electron chi connectivity index (χ0n) is 15.5. The van der Waals surface area contributed by atoms with Crippen LogP contribution in [-0.2, 0) is 22.0 Å². The number of nitrogens with one attached hydrogen (secondary N) is 2. The SMILES string of the molecule is CN=C(NCCCS(=O)(=O)Cc1ccccc1)NCCc1ccc(F)cc1. The van der Waals surface area contributed by atoms with E-state index in [1.54, 1.807) is 19.2 Å². The standard InChI is InChI=1S/C20H26FN3O2S/c1-22-20(24-14-12-17-8-10-19(21)11-9-17)23-13-5-15-27(25,26)16-18-6-3-2-4-7-18/h2-4,6-11H,5,12-16H2,1H3,(H2,22,23,24). The average molecular weight is 392 g/mol. The first-order valence-corrected chi connectivity index (χ1v) is 10.7. The molecule has 0 saturated heterocycles. The Labute approximate surface area is 160 Å². The summed E-state index contributed by atoms with van der Waals surface area (Å²) in [6, 6.07) is 15.6. The van der Waals surface area contributed by atoms with Crippen LogP contribution in [0.15, 0.2) is 59.6 Å². The second kappa shape index (κ2) is 10.7. The van der Waals surface area contributed by atoms with Crippen molar-refractivity contribution >= 4 is 15.8 Å². The van der Waals surface area contributed by atoms with Gasteiger partial charge in [0, 0.05) is 20.1 Å². The maximum absolute atomic E-state index is 12.9. The van der Waals surface area contributed by atoms with Gasteiger partial charge in [-0.1, -0.05) is 42.5 Å². The third-order valence-corrected chi connectivity index (χ3v) is 5.68. The fourth-order valence-corrected chi connectivity index (χ4v) is 4.02. The molecule has 0 aliphatic rings. The highest BCUT2D eigenvalue weighted by molar-refractivity contribution is 7.90. The summed E-state index contributed by atoms with van der Waals surface area (Å²) < 4.78 is 37.2. The van der Waals surface area contributed by atoms with Gasteiger partial charge in [-0.15, -0.1) is 0 Å². The maximum Gasteiger partial charge on any atom is 0.190 e. The number of hydrogen-bond donors (Lipinski definition) is 2. The smallest absolute Gasteiger partial charge is 0.190 e. The van der Waals surface area contributed by atoms with Crippen LogP contribution in [0.1, 0.15) is 17.5 Å². The number of aliphatic imine (C=N–C) groups is 1. The molecule has 2 N–H and O–H groups in total. The van der Waals surface area contributed by atoms with Crippen molar-refractivity contribution in [2.75, 3.05) is 25.9 Å². The van der Waals surface area contributed by atoms with Crippen LogP contribution in [0.4, 0.5) is 4.39 Å². The topological polar surface area (TPSA) is 70.6 Å². The number of sulfone groups is 1. The Kier molecular flexibility index (Phi) is 8.26. The molecule has 0 spiro atoms. The van der Waals surface area contributed by atoms with Gasteiger partial charge in [-0.2, -0.15) is 0 Å². The molecule has 0 heterocycles. The average Bonchev–Trinajstić information content (AvgIpc) is 2.65. The lowest BCUT2D eigenvalue weighted by atomic mass is 10.1. The predicted molar refractivity (Wildman–Crippen MR) is 108 cm³/mol. The molecular weight excluding hydrogens is 365 g/mol. The maximum atomic E-state index is 12.9. The third-order valence-electron chi connectivity index (χ3n) is 4.00. The molecule has 0 radical (unpaired) electrons. The molecule has 2 rings (SSSR count). The minimum atomic E-state index is -3.13. The summed E-state index contributed by atoms with van der Waals surface area (Å²) in [6.45, 7) is 1.17. The molecule has 0 fully saturated rings. The first kappa shape index (κ1) is 20.9. The van der Waals surface area contributed by atoms with Crippen molar-refractivity contribution in [2.45, 2.75) is 18.6 Å². The Morgan fingerprint density at radius 3 is 2.30 bits per heavy atom. The van der Waals surface area contributed by atoms with Crippen molar-refractivity contribution in [1.29, 1.82) is 0 Å². The molecule has 0 bridgehead atoms. The van der Waals surface area contributed by atoms with Crippen LogP contribution in [0.2, 0.25) is 0 Å². The highest BCUT2D eigenvalue weighted by Gasteiger charge is 2.11. The van der Waals surface area contributed by atoms with Crippen LogP contribution >= 0.6 is 0 Å². The van der Waals surface area contributed by atoms with Gasteiger partial charge in [0.15, 0.2) is 15.8 Å². The molecular formula is C20H26FN3O2S. The van der Waals surface area contributed by atoms with Crippen molar-refractivity contribution in [2.24, 2.45) is 4.99 Å². The van der Waals surface area contributed by atoms with Gasteiger partial charge < -0.3 is 10.6 Å². The minimum Gasteiger partial charge on any atom is -0.356 e. The van der Waals surface area contributed by atoms with Gasteiger partial charge in [0.05, 0.1) is 11.5 Å². The number of benzene rings is 2. The van der Waals surface area contributed by atoms with Gasteiger partial charge in [-0.3, -0.25) is 4.99 Å². The molecule has 2 aromatic rings. The second-order valence-electron chi connectivity index (χ2n) is 6.23. The number of hydrogen-bond acceptors (Lipinski definition) is 3. The van der Waals surface area contributed by atoms with E-state index < -0.39 is 9.84 Å². The summed E-state index contributed by atoms with van der Waals surface area (Å²) in [5, 5.41) is 6.28. The Hall–Kier alpha value is -2.41. The van der Waals surface area contributed by atoms with E-state index in [-0.39, 0.29) is 17.3 Å². The van der Waals surface area contributed by atoms with Crippen LogP contribution in [-0.4, -0.2) is 40.3 Å². The van der Waals surface area contributed by atoms with E-state index in [4.69, 9.17) is 0 Å². The van der Waals surface area contributed by atoms with Crippen molar-refractivity contribution < 1.29 is 12.8 Å². The highest BCUT2D eigenvalue weighted by Crippen LogP contribution is 2.07. The highest BCUT2D eigenvalue weighted by atomic mass is 32.2. The monoisotopic (exact) mass is 391 g/mol. The predicted octanol–water partition coefficient (Wildman–Crippen LogP) is 2.54. The number of halogens is 1. The van der Waals surface area contributed by atoms with Gasteiger partial charge in [0.25, 0.3) is 0 Å². The Morgan fingerprint density at radius 2 is 1.63 bits per heavy atom. The molecule has 27 heavy (non-hydrogen) atoms. The molecule has 7 heteroatoms. The molecule has 0 atom stereocenters. The van der Waals surface area contributed by atoms with Gasteiger partial charge in [0.1, 0.15) is 5.82 Å². The minimum absolute atomic E-state index is 0.0679. The van der Waals surface area contributed by atoms with Crippen LogP contribution in [0.3, 0.4) is 0 Å². The van der Waals surface area contributed by atoms with Crippen LogP contribution in [0.25, 0.3) is 0 Å². The summed E-state index contributed by atoms with van der Waals surface area (Å²) in [7, 11) is -1.46. The molecule has 5 nitrogen and oxygen atoms in total. The fourth-order valence-electron chi connectivity index (χ4n) is 2.60. The lowest BCUT2D eigenvalue weighted by molar-refractivity contribution is 0.591. The Bertz CT molecular complexity index is 822. The second-order valence-corrected chi connectivity index (χ2v) is 8.42. The van der Waals surface area contributed by atoms with Gasteiger partial charge >= 0.3 is 0 Å². The summed E-state index contributed by atoms with van der Waals surface area (Å²) in [5.41, 5.74) is 1.84. The third kappa shape index (κ3) is 8.21. The van der Waals surface area contributed by atoms with Crippen molar-refractivity contribution in [3.63, 3.8) is 0 Å². The largest absolute Gasteiger partial charge is 0.356 e. The lowest BCUT2D eigenvalue weighted by Crippen LogP contribution is -2.39. The summed E-state index contributed by atoms with van der Waals surface area (Å²) in [4.78, 5) is 4.12. The fraction of sp³-hybridized carbons (Fsp3) is 0.350. The zero-order valence-corrected chi connectivity index (χ0v) is 16.3. The first-order chi connectivity index (χ1) is 13.0. The summed E-state index contributed by atoms with van der Waals surface area (Å²) in [6.07, 6.45) is 1.25. The zero-order chi connectivity index (χ0) is 19.5. The van der Waals surface area contributed by atoms with Crippen LogP contribution in [0.5, 0.6) is 0 Å². The Morgan fingerprint density at radius 1 is 0.963 bits per heavy atom. The van der Waals surface area contributed by atoms with Gasteiger partial charge in [-0.25, -0.2) is 12.8 Å². The molecule has 0 unspecified atom stereocenters. The van der Waals surface area contributed by atoms with Gasteiger partial charge in [-0.05, 0) is 36.1 Å². The molecule has 0 aliphatic carbocycles. The quantitative estimate of drug-likeness (QED) is 0.392. The molecule has 0 aromatic heterocycles.